The van der Waals surface area contributed by atoms with Crippen molar-refractivity contribution in [3.63, 3.8) is 0 Å². The molecule has 194 valence electrons. The molecule has 0 spiro atoms. The summed E-state index contributed by atoms with van der Waals surface area (Å²) in [6, 6.07) is 21.1. The van der Waals surface area contributed by atoms with Gasteiger partial charge < -0.3 is 14.3 Å². The average Bonchev–Trinajstić information content (AvgIpc) is 2.85. The zero-order valence-electron chi connectivity index (χ0n) is 22.5. The van der Waals surface area contributed by atoms with Crippen molar-refractivity contribution in [2.75, 3.05) is 6.61 Å². The Morgan fingerprint density at radius 3 is 2.11 bits per heavy atom. The van der Waals surface area contributed by atoms with E-state index in [1.165, 1.54) is 17.3 Å². The molecule has 0 saturated heterocycles. The molecule has 0 saturated carbocycles. The minimum Gasteiger partial charge on any atom is -0.454 e. The Balaban J connectivity index is 2.17. The van der Waals surface area contributed by atoms with Crippen LogP contribution >= 0.6 is 0 Å². The summed E-state index contributed by atoms with van der Waals surface area (Å²) in [4.78, 5) is 11.6. The van der Waals surface area contributed by atoms with Crippen molar-refractivity contribution in [1.82, 2.24) is 0 Å². The van der Waals surface area contributed by atoms with Crippen LogP contribution in [0.15, 0.2) is 72.8 Å². The number of carbonyl (C=O) groups excluding carboxylic acids is 1. The minimum absolute atomic E-state index is 0.0940. The van der Waals surface area contributed by atoms with E-state index in [-0.39, 0.29) is 5.04 Å². The SMILES string of the molecule is CCCCCC#C[C@H](O)[C@@H](/C=C/CCO[Si](c1ccccc1)(c1ccccc1)C(C)(C)C)OC(C)=O. The molecule has 0 radical (unpaired) electrons. The highest BCUT2D eigenvalue weighted by atomic mass is 28.4. The molecule has 2 aromatic carbocycles. The Kier molecular flexibility index (Phi) is 12.2. The van der Waals surface area contributed by atoms with Gasteiger partial charge in [0.15, 0.2) is 12.2 Å². The van der Waals surface area contributed by atoms with Crippen molar-refractivity contribution in [3.8, 4) is 11.8 Å². The fourth-order valence-corrected chi connectivity index (χ4v) is 8.97. The van der Waals surface area contributed by atoms with Crippen LogP contribution < -0.4 is 10.4 Å². The van der Waals surface area contributed by atoms with Crippen LogP contribution in [0.5, 0.6) is 0 Å². The van der Waals surface area contributed by atoms with Gasteiger partial charge in [0, 0.05) is 20.0 Å². The van der Waals surface area contributed by atoms with Crippen molar-refractivity contribution in [2.24, 2.45) is 0 Å². The number of unbranched alkanes of at least 4 members (excludes halogenated alkanes) is 3. The fraction of sp³-hybridized carbons (Fsp3) is 0.452. The Labute approximate surface area is 218 Å². The van der Waals surface area contributed by atoms with E-state index in [9.17, 15) is 9.90 Å². The molecular weight excluding hydrogens is 464 g/mol. The predicted octanol–water partition coefficient (Wildman–Crippen LogP) is 5.39. The largest absolute Gasteiger partial charge is 0.454 e. The van der Waals surface area contributed by atoms with Gasteiger partial charge in [-0.3, -0.25) is 4.79 Å². The number of hydrogen-bond acceptors (Lipinski definition) is 4. The molecule has 2 atom stereocenters. The number of hydrogen-bond donors (Lipinski definition) is 1. The number of aliphatic hydroxyl groups is 1. The zero-order chi connectivity index (χ0) is 26.4. The number of aliphatic hydroxyl groups excluding tert-OH is 1. The minimum atomic E-state index is -2.59. The Morgan fingerprint density at radius 2 is 1.61 bits per heavy atom. The van der Waals surface area contributed by atoms with Gasteiger partial charge in [0.05, 0.1) is 0 Å². The van der Waals surface area contributed by atoms with Crippen molar-refractivity contribution in [2.45, 2.75) is 84.0 Å². The Hall–Kier alpha value is -2.65. The molecule has 0 fully saturated rings. The summed E-state index contributed by atoms with van der Waals surface area (Å²) in [5.41, 5.74) is 0. The van der Waals surface area contributed by atoms with Crippen molar-refractivity contribution >= 4 is 24.7 Å². The quantitative estimate of drug-likeness (QED) is 0.138. The summed E-state index contributed by atoms with van der Waals surface area (Å²) < 4.78 is 12.2. The van der Waals surface area contributed by atoms with Gasteiger partial charge in [0.2, 0.25) is 0 Å². The summed E-state index contributed by atoms with van der Waals surface area (Å²) in [5.74, 6) is 5.39. The molecule has 0 amide bonds. The average molecular weight is 507 g/mol. The smallest absolute Gasteiger partial charge is 0.303 e. The topological polar surface area (TPSA) is 55.8 Å². The summed E-state index contributed by atoms with van der Waals surface area (Å²) in [6.45, 7) is 10.7. The molecule has 4 nitrogen and oxygen atoms in total. The van der Waals surface area contributed by atoms with Gasteiger partial charge >= 0.3 is 5.97 Å². The molecule has 5 heteroatoms. The van der Waals surface area contributed by atoms with E-state index in [0.29, 0.717) is 13.0 Å². The van der Waals surface area contributed by atoms with E-state index in [1.54, 1.807) is 6.08 Å². The number of ether oxygens (including phenoxy) is 1. The maximum atomic E-state index is 11.6. The standard InChI is InChI=1S/C31H42O4Si/c1-6-7-8-9-16-23-29(33)30(35-26(2)32)24-17-18-25-34-36(31(3,4)5,27-19-12-10-13-20-27)28-21-14-11-15-22-28/h10-15,17,19-22,24,29-30,33H,6-9,18,25H2,1-5H3/b24-17+/t29-,30+/m0/s1. The third-order valence-electron chi connectivity index (χ3n) is 6.11. The molecule has 0 bridgehead atoms. The van der Waals surface area contributed by atoms with Gasteiger partial charge in [0.1, 0.15) is 0 Å². The molecule has 0 heterocycles. The molecule has 0 aliphatic carbocycles. The maximum Gasteiger partial charge on any atom is 0.303 e. The third kappa shape index (κ3) is 8.48. The summed E-state index contributed by atoms with van der Waals surface area (Å²) in [6.07, 6.45) is 6.38. The van der Waals surface area contributed by atoms with Gasteiger partial charge in [-0.25, -0.2) is 0 Å². The highest BCUT2D eigenvalue weighted by Crippen LogP contribution is 2.36. The second-order valence-corrected chi connectivity index (χ2v) is 14.3. The molecule has 2 rings (SSSR count). The number of benzene rings is 2. The Morgan fingerprint density at radius 1 is 1.03 bits per heavy atom. The van der Waals surface area contributed by atoms with Crippen LogP contribution in [0.1, 0.15) is 66.7 Å². The van der Waals surface area contributed by atoms with E-state index in [4.69, 9.17) is 9.16 Å². The first-order valence-electron chi connectivity index (χ1n) is 13.0. The van der Waals surface area contributed by atoms with Crippen LogP contribution in [-0.2, 0) is 14.0 Å². The summed E-state index contributed by atoms with van der Waals surface area (Å²) >= 11 is 0. The first-order valence-corrected chi connectivity index (χ1v) is 14.9. The summed E-state index contributed by atoms with van der Waals surface area (Å²) in [5, 5.41) is 12.9. The molecule has 2 aromatic rings. The van der Waals surface area contributed by atoms with Crippen LogP contribution in [0.2, 0.25) is 5.04 Å². The molecule has 0 aliphatic rings. The maximum absolute atomic E-state index is 11.6. The van der Waals surface area contributed by atoms with Crippen molar-refractivity contribution in [1.29, 1.82) is 0 Å². The molecule has 0 unspecified atom stereocenters. The predicted molar refractivity (Wildman–Crippen MR) is 151 cm³/mol. The molecule has 36 heavy (non-hydrogen) atoms. The van der Waals surface area contributed by atoms with Crippen LogP contribution in [-0.4, -0.2) is 38.2 Å². The fourth-order valence-electron chi connectivity index (χ4n) is 4.39. The number of carbonyl (C=O) groups is 1. The third-order valence-corrected chi connectivity index (χ3v) is 11.2. The van der Waals surface area contributed by atoms with Crippen LogP contribution in [0.4, 0.5) is 0 Å². The Bertz CT molecular complexity index is 960. The van der Waals surface area contributed by atoms with E-state index in [2.05, 4.69) is 88.1 Å². The monoisotopic (exact) mass is 506 g/mol. The second-order valence-electron chi connectivity index (χ2n) is 10.0. The van der Waals surface area contributed by atoms with Crippen LogP contribution in [0.25, 0.3) is 0 Å². The van der Waals surface area contributed by atoms with Crippen LogP contribution in [0, 0.1) is 11.8 Å². The first-order chi connectivity index (χ1) is 17.2. The lowest BCUT2D eigenvalue weighted by Crippen LogP contribution is -2.66. The van der Waals surface area contributed by atoms with Gasteiger partial charge in [-0.05, 0) is 34.3 Å². The molecule has 1 N–H and O–H groups in total. The number of rotatable bonds is 12. The second kappa shape index (κ2) is 14.8. The molecule has 0 aromatic heterocycles. The highest BCUT2D eigenvalue weighted by Gasteiger charge is 2.49. The van der Waals surface area contributed by atoms with Gasteiger partial charge in [0.25, 0.3) is 8.32 Å². The lowest BCUT2D eigenvalue weighted by atomic mass is 10.1. The van der Waals surface area contributed by atoms with E-state index >= 15 is 0 Å². The van der Waals surface area contributed by atoms with E-state index in [1.807, 2.05) is 18.2 Å². The first kappa shape index (κ1) is 29.6. The highest BCUT2D eigenvalue weighted by molar-refractivity contribution is 6.99. The normalized spacial score (nSPS) is 13.6. The molecular formula is C31H42O4Si. The zero-order valence-corrected chi connectivity index (χ0v) is 23.5. The van der Waals surface area contributed by atoms with Gasteiger partial charge in [-0.1, -0.05) is 113 Å². The number of esters is 1. The van der Waals surface area contributed by atoms with E-state index in [0.717, 1.165) is 25.7 Å². The lowest BCUT2D eigenvalue weighted by Gasteiger charge is -2.43. The van der Waals surface area contributed by atoms with Gasteiger partial charge in [-0.15, -0.1) is 5.92 Å². The van der Waals surface area contributed by atoms with Crippen molar-refractivity contribution in [3.05, 3.63) is 72.8 Å². The summed E-state index contributed by atoms with van der Waals surface area (Å²) in [7, 11) is -2.59. The van der Waals surface area contributed by atoms with Gasteiger partial charge in [-0.2, -0.15) is 0 Å². The van der Waals surface area contributed by atoms with Crippen molar-refractivity contribution < 1.29 is 19.1 Å². The van der Waals surface area contributed by atoms with E-state index < -0.39 is 26.5 Å². The lowest BCUT2D eigenvalue weighted by molar-refractivity contribution is -0.147. The van der Waals surface area contributed by atoms with Crippen LogP contribution in [0.3, 0.4) is 0 Å². The molecule has 0 aliphatic heterocycles.